The van der Waals surface area contributed by atoms with Gasteiger partial charge in [-0.2, -0.15) is 0 Å². The second-order valence-corrected chi connectivity index (χ2v) is 6.25. The molecule has 4 aliphatic heterocycles. The van der Waals surface area contributed by atoms with E-state index in [0.29, 0.717) is 18.5 Å². The average molecular weight is 266 g/mol. The zero-order valence-corrected chi connectivity index (χ0v) is 12.0. The molecule has 0 radical (unpaired) electrons. The Bertz CT molecular complexity index is 321. The second-order valence-electron chi connectivity index (χ2n) is 6.25. The minimum Gasteiger partial charge on any atom is -0.339 e. The van der Waals surface area contributed by atoms with E-state index >= 15 is 0 Å². The quantitative estimate of drug-likeness (QED) is 0.743. The molecule has 4 heterocycles. The highest BCUT2D eigenvalue weighted by Crippen LogP contribution is 2.30. The van der Waals surface area contributed by atoms with Gasteiger partial charge in [-0.05, 0) is 38.9 Å². The van der Waals surface area contributed by atoms with Gasteiger partial charge >= 0.3 is 0 Å². The molecule has 0 spiro atoms. The maximum Gasteiger partial charge on any atom is 0.236 e. The SMILES string of the molecule is CN(CC(=O)N1CCNCC1)C1CN2CCC1CC2. The van der Waals surface area contributed by atoms with Crippen LogP contribution in [0.3, 0.4) is 0 Å². The van der Waals surface area contributed by atoms with Gasteiger partial charge in [-0.15, -0.1) is 0 Å². The van der Waals surface area contributed by atoms with Gasteiger partial charge in [0.2, 0.25) is 5.91 Å². The summed E-state index contributed by atoms with van der Waals surface area (Å²) in [6.07, 6.45) is 2.63. The molecule has 19 heavy (non-hydrogen) atoms. The van der Waals surface area contributed by atoms with Crippen LogP contribution >= 0.6 is 0 Å². The summed E-state index contributed by atoms with van der Waals surface area (Å²) in [6, 6.07) is 0.592. The van der Waals surface area contributed by atoms with E-state index in [1.165, 1.54) is 25.9 Å². The van der Waals surface area contributed by atoms with Crippen molar-refractivity contribution in [2.45, 2.75) is 18.9 Å². The summed E-state index contributed by atoms with van der Waals surface area (Å²) in [7, 11) is 2.13. The number of nitrogens with one attached hydrogen (secondary N) is 1. The second kappa shape index (κ2) is 5.77. The third-order valence-electron chi connectivity index (χ3n) is 5.04. The number of piperazine rings is 1. The topological polar surface area (TPSA) is 38.8 Å². The molecule has 0 aliphatic carbocycles. The Morgan fingerprint density at radius 1 is 1.21 bits per heavy atom. The summed E-state index contributed by atoms with van der Waals surface area (Å²) in [6.45, 7) is 7.90. The highest BCUT2D eigenvalue weighted by atomic mass is 16.2. The number of rotatable bonds is 3. The van der Waals surface area contributed by atoms with Gasteiger partial charge in [0.25, 0.3) is 0 Å². The van der Waals surface area contributed by atoms with Crippen molar-refractivity contribution in [2.24, 2.45) is 5.92 Å². The van der Waals surface area contributed by atoms with E-state index in [2.05, 4.69) is 22.2 Å². The van der Waals surface area contributed by atoms with Crippen molar-refractivity contribution < 1.29 is 4.79 Å². The highest BCUT2D eigenvalue weighted by Gasteiger charge is 2.36. The van der Waals surface area contributed by atoms with Crippen LogP contribution in [0, 0.1) is 5.92 Å². The molecular formula is C14H26N4O. The van der Waals surface area contributed by atoms with Crippen molar-refractivity contribution in [3.63, 3.8) is 0 Å². The van der Waals surface area contributed by atoms with Gasteiger partial charge in [0.1, 0.15) is 0 Å². The number of piperidine rings is 3. The number of hydrogen-bond acceptors (Lipinski definition) is 4. The lowest BCUT2D eigenvalue weighted by Gasteiger charge is -2.48. The average Bonchev–Trinajstić information content (AvgIpc) is 2.49. The molecule has 5 nitrogen and oxygen atoms in total. The van der Waals surface area contributed by atoms with Crippen LogP contribution in [0.4, 0.5) is 0 Å². The molecule has 0 aromatic rings. The van der Waals surface area contributed by atoms with Gasteiger partial charge in [-0.25, -0.2) is 0 Å². The summed E-state index contributed by atoms with van der Waals surface area (Å²) in [4.78, 5) is 19.2. The molecule has 0 aromatic carbocycles. The van der Waals surface area contributed by atoms with Crippen molar-refractivity contribution in [1.82, 2.24) is 20.0 Å². The van der Waals surface area contributed by atoms with Crippen molar-refractivity contribution in [3.05, 3.63) is 0 Å². The van der Waals surface area contributed by atoms with Gasteiger partial charge in [0, 0.05) is 38.8 Å². The van der Waals surface area contributed by atoms with Crippen molar-refractivity contribution in [2.75, 3.05) is 59.4 Å². The normalized spacial score (nSPS) is 34.8. The summed E-state index contributed by atoms with van der Waals surface area (Å²) < 4.78 is 0. The standard InChI is InChI=1S/C14H26N4O/c1-16(11-14(19)18-8-4-15-5-9-18)13-10-17-6-2-12(13)3-7-17/h12-13,15H,2-11H2,1H3. The summed E-state index contributed by atoms with van der Waals surface area (Å²) in [5.41, 5.74) is 0. The van der Waals surface area contributed by atoms with E-state index in [1.54, 1.807) is 0 Å². The molecule has 4 fully saturated rings. The molecule has 108 valence electrons. The molecule has 2 bridgehead atoms. The van der Waals surface area contributed by atoms with Crippen molar-refractivity contribution in [3.8, 4) is 0 Å². The molecule has 0 aromatic heterocycles. The molecule has 1 N–H and O–H groups in total. The number of likely N-dealkylation sites (N-methyl/N-ethyl adjacent to an activating group) is 1. The predicted octanol–water partition coefficient (Wildman–Crippen LogP) is -0.556. The lowest BCUT2D eigenvalue weighted by molar-refractivity contribution is -0.134. The summed E-state index contributed by atoms with van der Waals surface area (Å²) >= 11 is 0. The van der Waals surface area contributed by atoms with Crippen LogP contribution in [-0.2, 0) is 4.79 Å². The van der Waals surface area contributed by atoms with E-state index in [4.69, 9.17) is 0 Å². The Labute approximate surface area is 115 Å². The maximum atomic E-state index is 12.3. The van der Waals surface area contributed by atoms with Crippen molar-refractivity contribution in [1.29, 1.82) is 0 Å². The first-order chi connectivity index (χ1) is 9.24. The van der Waals surface area contributed by atoms with Crippen LogP contribution in [0.1, 0.15) is 12.8 Å². The fourth-order valence-electron chi connectivity index (χ4n) is 3.78. The van der Waals surface area contributed by atoms with E-state index in [9.17, 15) is 4.79 Å². The third-order valence-corrected chi connectivity index (χ3v) is 5.04. The Morgan fingerprint density at radius 3 is 2.47 bits per heavy atom. The van der Waals surface area contributed by atoms with Gasteiger partial charge < -0.3 is 15.1 Å². The van der Waals surface area contributed by atoms with E-state index in [0.717, 1.165) is 38.6 Å². The fraction of sp³-hybridized carbons (Fsp3) is 0.929. The smallest absolute Gasteiger partial charge is 0.236 e. The number of carbonyl (C=O) groups excluding carboxylic acids is 1. The maximum absolute atomic E-state index is 12.3. The molecule has 1 amide bonds. The first-order valence-electron chi connectivity index (χ1n) is 7.65. The number of amides is 1. The van der Waals surface area contributed by atoms with Gasteiger partial charge in [0.15, 0.2) is 0 Å². The number of carbonyl (C=O) groups is 1. The minimum absolute atomic E-state index is 0.306. The molecule has 4 rings (SSSR count). The van der Waals surface area contributed by atoms with Gasteiger partial charge in [-0.1, -0.05) is 0 Å². The lowest BCUT2D eigenvalue weighted by Crippen LogP contribution is -2.58. The first kappa shape index (κ1) is 13.3. The molecule has 1 atom stereocenters. The summed E-state index contributed by atoms with van der Waals surface area (Å²) in [5.74, 6) is 1.12. The zero-order chi connectivity index (χ0) is 13.2. The first-order valence-corrected chi connectivity index (χ1v) is 7.65. The largest absolute Gasteiger partial charge is 0.339 e. The molecular weight excluding hydrogens is 240 g/mol. The van der Waals surface area contributed by atoms with Gasteiger partial charge in [-0.3, -0.25) is 9.69 Å². The van der Waals surface area contributed by atoms with E-state index < -0.39 is 0 Å². The van der Waals surface area contributed by atoms with Crippen LogP contribution in [0.5, 0.6) is 0 Å². The number of nitrogens with zero attached hydrogens (tertiary/aromatic N) is 3. The molecule has 5 heteroatoms. The van der Waals surface area contributed by atoms with Gasteiger partial charge in [0.05, 0.1) is 6.54 Å². The third kappa shape index (κ3) is 2.93. The van der Waals surface area contributed by atoms with E-state index in [1.807, 2.05) is 4.90 Å². The Hall–Kier alpha value is -0.650. The van der Waals surface area contributed by atoms with Crippen molar-refractivity contribution >= 4 is 5.91 Å². The van der Waals surface area contributed by atoms with Crippen LogP contribution in [0.15, 0.2) is 0 Å². The minimum atomic E-state index is 0.306. The summed E-state index contributed by atoms with van der Waals surface area (Å²) in [5, 5.41) is 3.29. The lowest BCUT2D eigenvalue weighted by atomic mass is 9.83. The van der Waals surface area contributed by atoms with E-state index in [-0.39, 0.29) is 0 Å². The molecule has 4 saturated heterocycles. The van der Waals surface area contributed by atoms with Crippen LogP contribution in [0.2, 0.25) is 0 Å². The zero-order valence-electron chi connectivity index (χ0n) is 12.0. The fourth-order valence-corrected chi connectivity index (χ4v) is 3.78. The number of fused-ring (bicyclic) bond motifs is 3. The monoisotopic (exact) mass is 266 g/mol. The molecule has 4 aliphatic rings. The molecule has 0 saturated carbocycles. The number of hydrogen-bond donors (Lipinski definition) is 1. The van der Waals surface area contributed by atoms with Crippen LogP contribution in [-0.4, -0.2) is 86.1 Å². The predicted molar refractivity (Wildman–Crippen MR) is 75.0 cm³/mol. The Kier molecular flexibility index (Phi) is 4.05. The van der Waals surface area contributed by atoms with Crippen LogP contribution < -0.4 is 5.32 Å². The Balaban J connectivity index is 1.52. The highest BCUT2D eigenvalue weighted by molar-refractivity contribution is 5.78. The molecule has 1 unspecified atom stereocenters. The Morgan fingerprint density at radius 2 is 1.89 bits per heavy atom. The van der Waals surface area contributed by atoms with Crippen LogP contribution in [0.25, 0.3) is 0 Å².